The van der Waals surface area contributed by atoms with Gasteiger partial charge in [-0.3, -0.25) is 14.8 Å². The Morgan fingerprint density at radius 2 is 1.10 bits per heavy atom. The van der Waals surface area contributed by atoms with Crippen LogP contribution in [-0.2, 0) is 0 Å². The van der Waals surface area contributed by atoms with Crippen LogP contribution in [0.1, 0.15) is 16.2 Å². The largest absolute Gasteiger partial charge is 0.285 e. The van der Waals surface area contributed by atoms with E-state index in [1.807, 2.05) is 0 Å². The summed E-state index contributed by atoms with van der Waals surface area (Å²) in [5.74, 6) is -1.45. The Kier molecular flexibility index (Phi) is 5.57. The molecule has 3 nitrogen and oxygen atoms in total. The second kappa shape index (κ2) is 8.30. The molecule has 4 aromatic rings. The predicted molar refractivity (Wildman–Crippen MR) is 113 cm³/mol. The maximum Gasteiger partial charge on any atom is 0.230 e. The number of carbonyl (C=O) groups is 1. The molecule has 0 fully saturated rings. The lowest BCUT2D eigenvalue weighted by molar-refractivity contribution is 0.103. The van der Waals surface area contributed by atoms with Gasteiger partial charge in [-0.25, -0.2) is 8.78 Å². The molecule has 0 aliphatic rings. The van der Waals surface area contributed by atoms with E-state index in [9.17, 15) is 13.6 Å². The molecular weight excluding hydrogens is 429 g/mol. The Bertz CT molecular complexity index is 1180. The van der Waals surface area contributed by atoms with Crippen LogP contribution in [0, 0.1) is 11.6 Å². The Morgan fingerprint density at radius 1 is 0.667 bits per heavy atom. The summed E-state index contributed by atoms with van der Waals surface area (Å²) in [5, 5.41) is 0.305. The van der Waals surface area contributed by atoms with Crippen LogP contribution in [0.5, 0.6) is 0 Å². The van der Waals surface area contributed by atoms with Crippen molar-refractivity contribution in [2.45, 2.75) is 0 Å². The van der Waals surface area contributed by atoms with Crippen molar-refractivity contribution in [1.82, 2.24) is 9.97 Å². The predicted octanol–water partition coefficient (Wildman–Crippen LogP) is 6.63. The van der Waals surface area contributed by atoms with Gasteiger partial charge in [0, 0.05) is 34.6 Å². The average Bonchev–Trinajstić information content (AvgIpc) is 2.73. The van der Waals surface area contributed by atoms with E-state index >= 15 is 0 Å². The highest BCUT2D eigenvalue weighted by atomic mass is 35.5. The van der Waals surface area contributed by atoms with Gasteiger partial charge in [-0.05, 0) is 48.5 Å². The zero-order valence-corrected chi connectivity index (χ0v) is 16.8. The number of hydrogen-bond donors (Lipinski definition) is 0. The van der Waals surface area contributed by atoms with Crippen LogP contribution in [-0.4, -0.2) is 15.8 Å². The summed E-state index contributed by atoms with van der Waals surface area (Å²) >= 11 is 12.4. The summed E-state index contributed by atoms with van der Waals surface area (Å²) in [6.07, 6.45) is 2.95. The highest BCUT2D eigenvalue weighted by Gasteiger charge is 2.23. The highest BCUT2D eigenvalue weighted by molar-refractivity contribution is 6.34. The molecule has 2 aromatic heterocycles. The van der Waals surface area contributed by atoms with Crippen molar-refractivity contribution in [2.75, 3.05) is 0 Å². The Labute approximate surface area is 181 Å². The molecule has 2 heterocycles. The van der Waals surface area contributed by atoms with Crippen LogP contribution in [0.25, 0.3) is 22.3 Å². The molecule has 148 valence electrons. The first kappa shape index (κ1) is 20.1. The molecule has 4 rings (SSSR count). The zero-order valence-electron chi connectivity index (χ0n) is 15.2. The summed E-state index contributed by atoms with van der Waals surface area (Å²) in [4.78, 5) is 21.9. The third-order valence-corrected chi connectivity index (χ3v) is 5.11. The topological polar surface area (TPSA) is 42.9 Å². The number of pyridine rings is 2. The maximum absolute atomic E-state index is 13.5. The smallest absolute Gasteiger partial charge is 0.230 e. The molecule has 0 radical (unpaired) electrons. The monoisotopic (exact) mass is 440 g/mol. The second-order valence-electron chi connectivity index (χ2n) is 6.38. The normalized spacial score (nSPS) is 10.8. The molecule has 0 bridgehead atoms. The van der Waals surface area contributed by atoms with E-state index < -0.39 is 17.4 Å². The van der Waals surface area contributed by atoms with Gasteiger partial charge in [-0.2, -0.15) is 0 Å². The summed E-state index contributed by atoms with van der Waals surface area (Å²) in [7, 11) is 0. The van der Waals surface area contributed by atoms with Crippen molar-refractivity contribution in [2.24, 2.45) is 0 Å². The number of hydrogen-bond acceptors (Lipinski definition) is 3. The van der Waals surface area contributed by atoms with Gasteiger partial charge >= 0.3 is 0 Å². The number of aromatic nitrogens is 2. The van der Waals surface area contributed by atoms with Crippen molar-refractivity contribution in [1.29, 1.82) is 0 Å². The SMILES string of the molecule is O=C(c1ncccc1-c1ccc(F)cc1Cl)c1ncccc1-c1ccc(F)cc1Cl. The van der Waals surface area contributed by atoms with E-state index in [1.165, 1.54) is 48.8 Å². The van der Waals surface area contributed by atoms with Crippen LogP contribution in [0.15, 0.2) is 73.1 Å². The van der Waals surface area contributed by atoms with Gasteiger partial charge in [-0.1, -0.05) is 35.3 Å². The van der Waals surface area contributed by atoms with E-state index in [2.05, 4.69) is 9.97 Å². The summed E-state index contributed by atoms with van der Waals surface area (Å²) < 4.78 is 27.0. The van der Waals surface area contributed by atoms with Gasteiger partial charge in [0.1, 0.15) is 23.0 Å². The molecule has 0 atom stereocenters. The third-order valence-electron chi connectivity index (χ3n) is 4.49. The fraction of sp³-hybridized carbons (Fsp3) is 0. The first-order valence-corrected chi connectivity index (χ1v) is 9.57. The second-order valence-corrected chi connectivity index (χ2v) is 7.19. The number of ketones is 1. The molecule has 0 saturated heterocycles. The van der Waals surface area contributed by atoms with Crippen LogP contribution in [0.3, 0.4) is 0 Å². The number of halogens is 4. The molecule has 0 aliphatic carbocycles. The van der Waals surface area contributed by atoms with Gasteiger partial charge < -0.3 is 0 Å². The van der Waals surface area contributed by atoms with Gasteiger partial charge in [-0.15, -0.1) is 0 Å². The van der Waals surface area contributed by atoms with E-state index in [0.29, 0.717) is 22.3 Å². The first-order chi connectivity index (χ1) is 14.5. The van der Waals surface area contributed by atoms with Crippen molar-refractivity contribution >= 4 is 29.0 Å². The van der Waals surface area contributed by atoms with Crippen LogP contribution >= 0.6 is 23.2 Å². The third kappa shape index (κ3) is 3.82. The van der Waals surface area contributed by atoms with Crippen LogP contribution in [0.4, 0.5) is 8.78 Å². The van der Waals surface area contributed by atoms with E-state index in [0.717, 1.165) is 0 Å². The fourth-order valence-electron chi connectivity index (χ4n) is 3.14. The Morgan fingerprint density at radius 3 is 1.50 bits per heavy atom. The lowest BCUT2D eigenvalue weighted by atomic mass is 9.96. The molecular formula is C23H12Cl2F2N2O. The first-order valence-electron chi connectivity index (χ1n) is 8.81. The lowest BCUT2D eigenvalue weighted by Crippen LogP contribution is -2.10. The molecule has 0 spiro atoms. The minimum absolute atomic E-state index is 0.101. The molecule has 7 heteroatoms. The van der Waals surface area contributed by atoms with Gasteiger partial charge in [0.25, 0.3) is 0 Å². The summed E-state index contributed by atoms with van der Waals surface area (Å²) in [6.45, 7) is 0. The Balaban J connectivity index is 1.87. The number of benzene rings is 2. The van der Waals surface area contributed by atoms with Crippen molar-refractivity contribution in [3.8, 4) is 22.3 Å². The van der Waals surface area contributed by atoms with Crippen LogP contribution in [0.2, 0.25) is 10.0 Å². The minimum atomic E-state index is -0.488. The quantitative estimate of drug-likeness (QED) is 0.334. The van der Waals surface area contributed by atoms with Crippen LogP contribution < -0.4 is 0 Å². The van der Waals surface area contributed by atoms with Gasteiger partial charge in [0.05, 0.1) is 10.0 Å². The minimum Gasteiger partial charge on any atom is -0.285 e. The summed E-state index contributed by atoms with van der Waals surface area (Å²) in [6, 6.07) is 14.5. The summed E-state index contributed by atoms with van der Waals surface area (Å²) in [5.41, 5.74) is 2.01. The fourth-order valence-corrected chi connectivity index (χ4v) is 3.67. The number of rotatable bonds is 4. The molecule has 0 N–H and O–H groups in total. The standard InChI is InChI=1S/C23H12Cl2F2N2O/c24-19-11-13(26)5-7-15(19)17-3-1-9-28-21(17)23(30)22-18(4-2-10-29-22)16-8-6-14(27)12-20(16)25/h1-12H. The van der Waals surface area contributed by atoms with Gasteiger partial charge in [0.2, 0.25) is 5.78 Å². The Hall–Kier alpha value is -3.15. The van der Waals surface area contributed by atoms with Crippen molar-refractivity contribution in [3.63, 3.8) is 0 Å². The van der Waals surface area contributed by atoms with E-state index in [-0.39, 0.29) is 21.4 Å². The zero-order chi connectivity index (χ0) is 21.3. The number of nitrogens with zero attached hydrogens (tertiary/aromatic N) is 2. The molecule has 2 aromatic carbocycles. The molecule has 0 amide bonds. The lowest BCUT2D eigenvalue weighted by Gasteiger charge is -2.12. The molecule has 0 unspecified atom stereocenters. The molecule has 0 aliphatic heterocycles. The number of carbonyl (C=O) groups excluding carboxylic acids is 1. The maximum atomic E-state index is 13.5. The van der Waals surface area contributed by atoms with E-state index in [1.54, 1.807) is 24.3 Å². The van der Waals surface area contributed by atoms with Crippen molar-refractivity contribution in [3.05, 3.63) is 106 Å². The molecule has 0 saturated carbocycles. The average molecular weight is 441 g/mol. The highest BCUT2D eigenvalue weighted by Crippen LogP contribution is 2.34. The molecule has 30 heavy (non-hydrogen) atoms. The van der Waals surface area contributed by atoms with E-state index in [4.69, 9.17) is 23.2 Å². The van der Waals surface area contributed by atoms with Crippen molar-refractivity contribution < 1.29 is 13.6 Å². The van der Waals surface area contributed by atoms with Gasteiger partial charge in [0.15, 0.2) is 0 Å².